The lowest BCUT2D eigenvalue weighted by Crippen LogP contribution is -2.54. The van der Waals surface area contributed by atoms with E-state index in [0.29, 0.717) is 19.7 Å². The number of rotatable bonds is 6. The van der Waals surface area contributed by atoms with Crippen LogP contribution in [0.1, 0.15) is 50.6 Å². The zero-order valence-electron chi connectivity index (χ0n) is 19.6. The first-order valence-corrected chi connectivity index (χ1v) is 12.5. The summed E-state index contributed by atoms with van der Waals surface area (Å²) in [6.45, 7) is 10.6. The fourth-order valence-corrected chi connectivity index (χ4v) is 5.55. The molecule has 6 nitrogen and oxygen atoms in total. The summed E-state index contributed by atoms with van der Waals surface area (Å²) in [7, 11) is 0. The van der Waals surface area contributed by atoms with Gasteiger partial charge in [-0.25, -0.2) is 9.18 Å². The predicted molar refractivity (Wildman–Crippen MR) is 124 cm³/mol. The molecule has 32 heavy (non-hydrogen) atoms. The number of amides is 1. The molecule has 1 unspecified atom stereocenters. The van der Waals surface area contributed by atoms with E-state index in [1.807, 2.05) is 19.1 Å². The predicted octanol–water partition coefficient (Wildman–Crippen LogP) is 3.59. The standard InChI is InChI=1S/C25H39FN4O2/c1-2-32-25(31)30-14-12-27(13-15-30)20-24(21-8-10-22(26)11-9-21)29-18-16-28(17-19-29)23-6-4-3-5-7-23/h8-11,23-24H,2-7,12-20H2,1H3. The van der Waals surface area contributed by atoms with Crippen LogP contribution in [0.15, 0.2) is 24.3 Å². The zero-order chi connectivity index (χ0) is 22.3. The lowest BCUT2D eigenvalue weighted by atomic mass is 9.93. The van der Waals surface area contributed by atoms with Crippen molar-refractivity contribution in [2.75, 3.05) is 65.5 Å². The molecule has 0 bridgehead atoms. The molecule has 1 aliphatic carbocycles. The molecule has 0 aromatic heterocycles. The maximum absolute atomic E-state index is 13.6. The van der Waals surface area contributed by atoms with E-state index in [9.17, 15) is 9.18 Å². The summed E-state index contributed by atoms with van der Waals surface area (Å²) in [4.78, 5) is 21.6. The molecule has 7 heteroatoms. The van der Waals surface area contributed by atoms with Crippen LogP contribution in [0.2, 0.25) is 0 Å². The van der Waals surface area contributed by atoms with Gasteiger partial charge in [0.25, 0.3) is 0 Å². The molecule has 0 radical (unpaired) electrons. The number of carbonyl (C=O) groups is 1. The Labute approximate surface area is 192 Å². The van der Waals surface area contributed by atoms with Gasteiger partial charge in [0, 0.05) is 71.0 Å². The molecule has 3 fully saturated rings. The second-order valence-corrected chi connectivity index (χ2v) is 9.42. The quantitative estimate of drug-likeness (QED) is 0.668. The highest BCUT2D eigenvalue weighted by Gasteiger charge is 2.31. The Balaban J connectivity index is 1.37. The summed E-state index contributed by atoms with van der Waals surface area (Å²) < 4.78 is 18.8. The molecule has 1 atom stereocenters. The van der Waals surface area contributed by atoms with Crippen LogP contribution in [-0.4, -0.2) is 97.2 Å². The summed E-state index contributed by atoms with van der Waals surface area (Å²) in [6, 6.07) is 8.08. The molecule has 3 aliphatic rings. The maximum Gasteiger partial charge on any atom is 0.409 e. The van der Waals surface area contributed by atoms with E-state index < -0.39 is 0 Å². The average molecular weight is 447 g/mol. The van der Waals surface area contributed by atoms with E-state index >= 15 is 0 Å². The Kier molecular flexibility index (Phi) is 8.38. The first-order valence-electron chi connectivity index (χ1n) is 12.5. The third kappa shape index (κ3) is 6.00. The van der Waals surface area contributed by atoms with Crippen molar-refractivity contribution in [3.63, 3.8) is 0 Å². The Morgan fingerprint density at radius 1 is 0.969 bits per heavy atom. The second-order valence-electron chi connectivity index (χ2n) is 9.42. The first-order chi connectivity index (χ1) is 15.6. The van der Waals surface area contributed by atoms with Crippen LogP contribution in [0.4, 0.5) is 9.18 Å². The minimum absolute atomic E-state index is 0.183. The summed E-state index contributed by atoms with van der Waals surface area (Å²) in [5, 5.41) is 0. The van der Waals surface area contributed by atoms with Gasteiger partial charge in [-0.2, -0.15) is 0 Å². The monoisotopic (exact) mass is 446 g/mol. The molecule has 1 aromatic carbocycles. The van der Waals surface area contributed by atoms with Gasteiger partial charge in [0.1, 0.15) is 5.82 Å². The number of carbonyl (C=O) groups excluding carboxylic acids is 1. The minimum Gasteiger partial charge on any atom is -0.450 e. The number of benzene rings is 1. The van der Waals surface area contributed by atoms with Gasteiger partial charge < -0.3 is 9.64 Å². The van der Waals surface area contributed by atoms with Gasteiger partial charge in [-0.1, -0.05) is 31.4 Å². The Bertz CT molecular complexity index is 709. The number of halogens is 1. The van der Waals surface area contributed by atoms with Crippen molar-refractivity contribution in [3.05, 3.63) is 35.6 Å². The van der Waals surface area contributed by atoms with Crippen LogP contribution in [0.5, 0.6) is 0 Å². The van der Waals surface area contributed by atoms with Crippen LogP contribution in [-0.2, 0) is 4.74 Å². The molecule has 2 aliphatic heterocycles. The molecular weight excluding hydrogens is 407 g/mol. The van der Waals surface area contributed by atoms with Crippen LogP contribution in [0, 0.1) is 5.82 Å². The van der Waals surface area contributed by atoms with Gasteiger partial charge in [-0.05, 0) is 37.5 Å². The van der Waals surface area contributed by atoms with Gasteiger partial charge in [0.2, 0.25) is 0 Å². The van der Waals surface area contributed by atoms with Crippen molar-refractivity contribution in [2.45, 2.75) is 51.1 Å². The molecule has 2 heterocycles. The molecule has 178 valence electrons. The summed E-state index contributed by atoms with van der Waals surface area (Å²) in [6.07, 6.45) is 6.65. The van der Waals surface area contributed by atoms with Gasteiger partial charge in [0.15, 0.2) is 0 Å². The fourth-order valence-electron chi connectivity index (χ4n) is 5.55. The average Bonchev–Trinajstić information content (AvgIpc) is 2.84. The lowest BCUT2D eigenvalue weighted by Gasteiger charge is -2.45. The number of hydrogen-bond donors (Lipinski definition) is 0. The Morgan fingerprint density at radius 2 is 1.62 bits per heavy atom. The molecule has 4 rings (SSSR count). The van der Waals surface area contributed by atoms with E-state index in [1.165, 1.54) is 37.7 Å². The summed E-state index contributed by atoms with van der Waals surface area (Å²) in [5.41, 5.74) is 1.19. The lowest BCUT2D eigenvalue weighted by molar-refractivity contribution is 0.0337. The Morgan fingerprint density at radius 3 is 2.25 bits per heavy atom. The molecular formula is C25H39FN4O2. The van der Waals surface area contributed by atoms with Gasteiger partial charge in [-0.15, -0.1) is 0 Å². The number of piperazine rings is 2. The highest BCUT2D eigenvalue weighted by atomic mass is 19.1. The third-order valence-electron chi connectivity index (χ3n) is 7.46. The molecule has 2 saturated heterocycles. The van der Waals surface area contributed by atoms with Crippen molar-refractivity contribution >= 4 is 6.09 Å². The van der Waals surface area contributed by atoms with Crippen LogP contribution in [0.3, 0.4) is 0 Å². The van der Waals surface area contributed by atoms with E-state index in [0.717, 1.165) is 51.9 Å². The molecule has 1 aromatic rings. The normalized spacial score (nSPS) is 23.2. The minimum atomic E-state index is -0.207. The van der Waals surface area contributed by atoms with Crippen molar-refractivity contribution in [2.24, 2.45) is 0 Å². The number of hydrogen-bond acceptors (Lipinski definition) is 5. The van der Waals surface area contributed by atoms with Crippen LogP contribution in [0.25, 0.3) is 0 Å². The SMILES string of the molecule is CCOC(=O)N1CCN(CC(c2ccc(F)cc2)N2CCN(C3CCCCC3)CC2)CC1. The highest BCUT2D eigenvalue weighted by Crippen LogP contribution is 2.28. The maximum atomic E-state index is 13.6. The van der Waals surface area contributed by atoms with Gasteiger partial charge >= 0.3 is 6.09 Å². The molecule has 1 saturated carbocycles. The van der Waals surface area contributed by atoms with E-state index in [2.05, 4.69) is 14.7 Å². The third-order valence-corrected chi connectivity index (χ3v) is 7.46. The van der Waals surface area contributed by atoms with Crippen LogP contribution >= 0.6 is 0 Å². The zero-order valence-corrected chi connectivity index (χ0v) is 19.6. The van der Waals surface area contributed by atoms with Crippen molar-refractivity contribution < 1.29 is 13.9 Å². The first kappa shape index (κ1) is 23.5. The van der Waals surface area contributed by atoms with Crippen molar-refractivity contribution in [1.82, 2.24) is 19.6 Å². The summed E-state index contributed by atoms with van der Waals surface area (Å²) >= 11 is 0. The second kappa shape index (κ2) is 11.4. The van der Waals surface area contributed by atoms with Crippen LogP contribution < -0.4 is 0 Å². The fraction of sp³-hybridized carbons (Fsp3) is 0.720. The van der Waals surface area contributed by atoms with Gasteiger partial charge in [0.05, 0.1) is 6.61 Å². The van der Waals surface area contributed by atoms with Crippen molar-refractivity contribution in [3.8, 4) is 0 Å². The van der Waals surface area contributed by atoms with Crippen molar-refractivity contribution in [1.29, 1.82) is 0 Å². The molecule has 1 amide bonds. The highest BCUT2D eigenvalue weighted by molar-refractivity contribution is 5.67. The van der Waals surface area contributed by atoms with E-state index in [4.69, 9.17) is 4.74 Å². The summed E-state index contributed by atoms with van der Waals surface area (Å²) in [5.74, 6) is -0.183. The van der Waals surface area contributed by atoms with E-state index in [1.54, 1.807) is 17.0 Å². The topological polar surface area (TPSA) is 39.3 Å². The molecule has 0 spiro atoms. The van der Waals surface area contributed by atoms with E-state index in [-0.39, 0.29) is 18.0 Å². The smallest absolute Gasteiger partial charge is 0.409 e. The number of ether oxygens (including phenoxy) is 1. The Hall–Kier alpha value is -1.70. The van der Waals surface area contributed by atoms with Gasteiger partial charge in [-0.3, -0.25) is 14.7 Å². The number of nitrogens with zero attached hydrogens (tertiary/aromatic N) is 4. The largest absolute Gasteiger partial charge is 0.450 e. The molecule has 0 N–H and O–H groups in total.